The minimum Gasteiger partial charge on any atom is -0.248 e. The monoisotopic (exact) mass is 255 g/mol. The van der Waals surface area contributed by atoms with Crippen LogP contribution < -0.4 is 0 Å². The second-order valence-electron chi connectivity index (χ2n) is 2.53. The maximum Gasteiger partial charge on any atom is 0.138 e. The van der Waals surface area contributed by atoms with Crippen LogP contribution in [0.1, 0.15) is 5.56 Å². The van der Waals surface area contributed by atoms with E-state index in [4.69, 9.17) is 0 Å². The molecule has 0 saturated heterocycles. The lowest BCUT2D eigenvalue weighted by atomic mass is 10.2. The SMILES string of the molecule is O=S1C=CN=C1c1cccc(Br)c1. The number of benzene rings is 1. The molecular formula is C9H6BrNOS. The highest BCUT2D eigenvalue weighted by Crippen LogP contribution is 2.16. The van der Waals surface area contributed by atoms with Crippen molar-refractivity contribution >= 4 is 31.8 Å². The van der Waals surface area contributed by atoms with E-state index >= 15 is 0 Å². The third-order valence-corrected chi connectivity index (χ3v) is 3.22. The molecule has 0 amide bonds. The van der Waals surface area contributed by atoms with Crippen LogP contribution in [0.15, 0.2) is 45.3 Å². The van der Waals surface area contributed by atoms with Gasteiger partial charge in [-0.15, -0.1) is 0 Å². The van der Waals surface area contributed by atoms with Crippen molar-refractivity contribution in [1.29, 1.82) is 0 Å². The van der Waals surface area contributed by atoms with Crippen LogP contribution in [0.3, 0.4) is 0 Å². The van der Waals surface area contributed by atoms with Gasteiger partial charge in [-0.2, -0.15) is 0 Å². The van der Waals surface area contributed by atoms with E-state index in [2.05, 4.69) is 20.9 Å². The highest BCUT2D eigenvalue weighted by atomic mass is 79.9. The van der Waals surface area contributed by atoms with Gasteiger partial charge < -0.3 is 0 Å². The van der Waals surface area contributed by atoms with Crippen LogP contribution in [0.2, 0.25) is 0 Å². The number of hydrogen-bond donors (Lipinski definition) is 0. The Morgan fingerprint density at radius 3 is 2.85 bits per heavy atom. The molecule has 0 aliphatic carbocycles. The molecule has 1 atom stereocenters. The van der Waals surface area contributed by atoms with Gasteiger partial charge in [0.05, 0.1) is 10.8 Å². The summed E-state index contributed by atoms with van der Waals surface area (Å²) in [5.41, 5.74) is 0.901. The van der Waals surface area contributed by atoms with Crippen molar-refractivity contribution in [2.24, 2.45) is 4.99 Å². The summed E-state index contributed by atoms with van der Waals surface area (Å²) in [7, 11) is -1.07. The van der Waals surface area contributed by atoms with E-state index in [-0.39, 0.29) is 0 Å². The minimum absolute atomic E-state index is 0.626. The van der Waals surface area contributed by atoms with E-state index in [1.54, 1.807) is 11.6 Å². The van der Waals surface area contributed by atoms with Gasteiger partial charge in [-0.05, 0) is 12.1 Å². The molecule has 66 valence electrons. The summed E-state index contributed by atoms with van der Waals surface area (Å²) >= 11 is 3.35. The van der Waals surface area contributed by atoms with Gasteiger partial charge >= 0.3 is 0 Å². The molecule has 4 heteroatoms. The number of rotatable bonds is 1. The number of halogens is 1. The largest absolute Gasteiger partial charge is 0.248 e. The lowest BCUT2D eigenvalue weighted by Gasteiger charge is -1.99. The van der Waals surface area contributed by atoms with Gasteiger partial charge in [-0.1, -0.05) is 28.1 Å². The summed E-state index contributed by atoms with van der Waals surface area (Å²) in [4.78, 5) is 4.04. The average Bonchev–Trinajstić information content (AvgIpc) is 2.51. The lowest BCUT2D eigenvalue weighted by molar-refractivity contribution is 0.695. The summed E-state index contributed by atoms with van der Waals surface area (Å²) in [6, 6.07) is 7.63. The highest BCUT2D eigenvalue weighted by molar-refractivity contribution is 9.10. The van der Waals surface area contributed by atoms with Crippen LogP contribution in [0.25, 0.3) is 0 Å². The Morgan fingerprint density at radius 1 is 1.38 bits per heavy atom. The predicted octanol–water partition coefficient (Wildman–Crippen LogP) is 2.43. The molecule has 0 spiro atoms. The van der Waals surface area contributed by atoms with Crippen molar-refractivity contribution in [3.05, 3.63) is 45.9 Å². The van der Waals surface area contributed by atoms with E-state index in [1.807, 2.05) is 24.3 Å². The zero-order valence-electron chi connectivity index (χ0n) is 6.61. The molecule has 1 aliphatic rings. The van der Waals surface area contributed by atoms with Gasteiger partial charge in [0.15, 0.2) is 0 Å². The van der Waals surface area contributed by atoms with Gasteiger partial charge in [0.1, 0.15) is 5.04 Å². The van der Waals surface area contributed by atoms with E-state index in [1.165, 1.54) is 0 Å². The third kappa shape index (κ3) is 1.78. The van der Waals surface area contributed by atoms with Crippen molar-refractivity contribution in [3.63, 3.8) is 0 Å². The summed E-state index contributed by atoms with van der Waals surface area (Å²) < 4.78 is 12.3. The molecule has 1 unspecified atom stereocenters. The number of nitrogens with zero attached hydrogens (tertiary/aromatic N) is 1. The van der Waals surface area contributed by atoms with Crippen molar-refractivity contribution in [2.45, 2.75) is 0 Å². The summed E-state index contributed by atoms with van der Waals surface area (Å²) in [6.07, 6.45) is 1.58. The molecule has 0 saturated carbocycles. The van der Waals surface area contributed by atoms with Gasteiger partial charge in [-0.3, -0.25) is 0 Å². The van der Waals surface area contributed by atoms with Crippen molar-refractivity contribution in [3.8, 4) is 0 Å². The Morgan fingerprint density at radius 2 is 2.23 bits per heavy atom. The van der Waals surface area contributed by atoms with Crippen LogP contribution in [-0.2, 0) is 10.8 Å². The standard InChI is InChI=1S/C9H6BrNOS/c10-8-3-1-2-7(6-8)9-11-4-5-13(9)12/h1-6H. The lowest BCUT2D eigenvalue weighted by Crippen LogP contribution is -2.02. The van der Waals surface area contributed by atoms with E-state index < -0.39 is 10.8 Å². The fourth-order valence-corrected chi connectivity index (χ4v) is 2.31. The van der Waals surface area contributed by atoms with Crippen LogP contribution >= 0.6 is 15.9 Å². The molecule has 1 aromatic rings. The van der Waals surface area contributed by atoms with Gasteiger partial charge in [0.2, 0.25) is 0 Å². The molecule has 1 heterocycles. The van der Waals surface area contributed by atoms with E-state index in [0.717, 1.165) is 10.0 Å². The molecule has 2 rings (SSSR count). The number of hydrogen-bond acceptors (Lipinski definition) is 2. The van der Waals surface area contributed by atoms with Gasteiger partial charge in [-0.25, -0.2) is 9.20 Å². The maximum atomic E-state index is 11.4. The van der Waals surface area contributed by atoms with Gasteiger partial charge in [0.25, 0.3) is 0 Å². The van der Waals surface area contributed by atoms with Crippen LogP contribution in [-0.4, -0.2) is 9.25 Å². The fourth-order valence-electron chi connectivity index (χ4n) is 1.08. The quantitative estimate of drug-likeness (QED) is 0.758. The van der Waals surface area contributed by atoms with Crippen molar-refractivity contribution < 1.29 is 4.21 Å². The Hall–Kier alpha value is -0.740. The first-order valence-corrected chi connectivity index (χ1v) is 5.69. The Labute approximate surface area is 87.0 Å². The van der Waals surface area contributed by atoms with E-state index in [0.29, 0.717) is 5.04 Å². The molecule has 2 nitrogen and oxygen atoms in total. The molecule has 0 aromatic heterocycles. The number of aliphatic imine (C=N–C) groups is 1. The average molecular weight is 256 g/mol. The Bertz CT molecular complexity index is 425. The molecule has 0 radical (unpaired) electrons. The van der Waals surface area contributed by atoms with Crippen LogP contribution in [0, 0.1) is 0 Å². The molecule has 1 aromatic carbocycles. The second-order valence-corrected chi connectivity index (χ2v) is 4.70. The maximum absolute atomic E-state index is 11.4. The smallest absolute Gasteiger partial charge is 0.138 e. The normalized spacial score (nSPS) is 20.4. The van der Waals surface area contributed by atoms with E-state index in [9.17, 15) is 4.21 Å². The zero-order valence-corrected chi connectivity index (χ0v) is 9.01. The summed E-state index contributed by atoms with van der Waals surface area (Å²) in [6.45, 7) is 0. The Balaban J connectivity index is 2.42. The molecule has 0 N–H and O–H groups in total. The first kappa shape index (κ1) is 8.84. The first-order valence-electron chi connectivity index (χ1n) is 3.68. The zero-order chi connectivity index (χ0) is 9.26. The van der Waals surface area contributed by atoms with Gasteiger partial charge in [0, 0.05) is 21.6 Å². The van der Waals surface area contributed by atoms with Crippen LogP contribution in [0.5, 0.6) is 0 Å². The summed E-state index contributed by atoms with van der Waals surface area (Å²) in [5, 5.41) is 2.21. The molecule has 0 bridgehead atoms. The Kier molecular flexibility index (Phi) is 2.42. The molecule has 13 heavy (non-hydrogen) atoms. The predicted molar refractivity (Wildman–Crippen MR) is 58.0 cm³/mol. The first-order chi connectivity index (χ1) is 6.27. The fraction of sp³-hybridized carbons (Fsp3) is 0. The molecular weight excluding hydrogens is 250 g/mol. The third-order valence-electron chi connectivity index (χ3n) is 1.64. The van der Waals surface area contributed by atoms with Crippen molar-refractivity contribution in [1.82, 2.24) is 0 Å². The highest BCUT2D eigenvalue weighted by Gasteiger charge is 2.12. The van der Waals surface area contributed by atoms with Crippen molar-refractivity contribution in [2.75, 3.05) is 0 Å². The second kappa shape index (κ2) is 3.55. The van der Waals surface area contributed by atoms with Crippen LogP contribution in [0.4, 0.5) is 0 Å². The summed E-state index contributed by atoms with van der Waals surface area (Å²) in [5.74, 6) is 0. The topological polar surface area (TPSA) is 29.4 Å². The molecule has 0 fully saturated rings. The molecule has 1 aliphatic heterocycles. The minimum atomic E-state index is -1.07.